The molecule has 5 nitrogen and oxygen atoms in total. The summed E-state index contributed by atoms with van der Waals surface area (Å²) in [5.41, 5.74) is 0.579. The minimum atomic E-state index is -0.674. The fourth-order valence-corrected chi connectivity index (χ4v) is 3.26. The second-order valence-corrected chi connectivity index (χ2v) is 6.74. The van der Waals surface area contributed by atoms with Crippen molar-refractivity contribution in [1.29, 1.82) is 0 Å². The van der Waals surface area contributed by atoms with Gasteiger partial charge in [0, 0.05) is 44.4 Å². The molecular weight excluding hydrogens is 400 g/mol. The molecule has 0 spiro atoms. The number of carbonyl (C=O) groups excluding carboxylic acids is 1. The van der Waals surface area contributed by atoms with E-state index in [2.05, 4.69) is 15.5 Å². The van der Waals surface area contributed by atoms with Gasteiger partial charge in [0.05, 0.1) is 12.7 Å². The summed E-state index contributed by atoms with van der Waals surface area (Å²) in [6.07, 6.45) is 0.808. The number of nitrogens with one attached hydrogen (secondary N) is 2. The number of nitrogens with zero attached hydrogens (tertiary/aromatic N) is 1. The van der Waals surface area contributed by atoms with Gasteiger partial charge in [-0.25, -0.2) is 8.78 Å². The van der Waals surface area contributed by atoms with Crippen LogP contribution in [0.15, 0.2) is 36.4 Å². The second-order valence-electron chi connectivity index (χ2n) is 6.74. The molecule has 29 heavy (non-hydrogen) atoms. The molecule has 0 saturated carbocycles. The SMILES string of the molecule is COc1ccc(-c2ccc(C(=O)NCCCN3CCNCC3)c(F)c2)c(F)c1.Cl. The zero-order valence-electron chi connectivity index (χ0n) is 16.3. The van der Waals surface area contributed by atoms with Crippen LogP contribution in [0.3, 0.4) is 0 Å². The molecule has 0 aliphatic carbocycles. The number of hydrogen-bond donors (Lipinski definition) is 2. The third kappa shape index (κ3) is 6.13. The van der Waals surface area contributed by atoms with Crippen LogP contribution in [0.1, 0.15) is 16.8 Å². The fraction of sp³-hybridized carbons (Fsp3) is 0.381. The van der Waals surface area contributed by atoms with E-state index in [-0.39, 0.29) is 23.5 Å². The van der Waals surface area contributed by atoms with Crippen LogP contribution in [-0.2, 0) is 0 Å². The standard InChI is InChI=1S/C21H25F2N3O2.ClH/c1-28-16-4-6-17(20(23)14-16)15-3-5-18(19(22)13-15)21(27)25-7-2-10-26-11-8-24-9-12-26;/h3-6,13-14,24H,2,7-12H2,1H3,(H,25,27);1H. The minimum Gasteiger partial charge on any atom is -0.497 e. The lowest BCUT2D eigenvalue weighted by Crippen LogP contribution is -2.44. The van der Waals surface area contributed by atoms with Gasteiger partial charge in [-0.2, -0.15) is 0 Å². The summed E-state index contributed by atoms with van der Waals surface area (Å²) < 4.78 is 33.6. The molecule has 2 N–H and O–H groups in total. The van der Waals surface area contributed by atoms with Crippen LogP contribution in [0, 0.1) is 11.6 Å². The highest BCUT2D eigenvalue weighted by Crippen LogP contribution is 2.27. The first-order valence-corrected chi connectivity index (χ1v) is 9.43. The number of hydrogen-bond acceptors (Lipinski definition) is 4. The van der Waals surface area contributed by atoms with Crippen LogP contribution < -0.4 is 15.4 Å². The van der Waals surface area contributed by atoms with Gasteiger partial charge in [-0.1, -0.05) is 6.07 Å². The van der Waals surface area contributed by atoms with Crippen LogP contribution in [0.5, 0.6) is 5.75 Å². The minimum absolute atomic E-state index is 0. The Morgan fingerprint density at radius 1 is 1.14 bits per heavy atom. The molecular formula is C21H26ClF2N3O2. The van der Waals surface area contributed by atoms with Gasteiger partial charge in [-0.05, 0) is 42.8 Å². The van der Waals surface area contributed by atoms with Gasteiger partial charge in [0.25, 0.3) is 5.91 Å². The maximum Gasteiger partial charge on any atom is 0.254 e. The number of ether oxygens (including phenoxy) is 1. The van der Waals surface area contributed by atoms with E-state index >= 15 is 0 Å². The predicted molar refractivity (Wildman–Crippen MR) is 112 cm³/mol. The van der Waals surface area contributed by atoms with E-state index in [0.717, 1.165) is 39.1 Å². The van der Waals surface area contributed by atoms with Gasteiger partial charge in [0.2, 0.25) is 0 Å². The summed E-state index contributed by atoms with van der Waals surface area (Å²) in [5, 5.41) is 6.05. The lowest BCUT2D eigenvalue weighted by atomic mass is 10.0. The van der Waals surface area contributed by atoms with Crippen molar-refractivity contribution in [3.05, 3.63) is 53.6 Å². The number of halogens is 3. The van der Waals surface area contributed by atoms with Gasteiger partial charge in [0.1, 0.15) is 17.4 Å². The Hall–Kier alpha value is -2.22. The second kappa shape index (κ2) is 11.1. The summed E-state index contributed by atoms with van der Waals surface area (Å²) in [5.74, 6) is -1.26. The molecule has 158 valence electrons. The highest BCUT2D eigenvalue weighted by Gasteiger charge is 2.15. The van der Waals surface area contributed by atoms with E-state index in [1.165, 1.54) is 31.4 Å². The first kappa shape index (κ1) is 23.1. The number of amides is 1. The van der Waals surface area contributed by atoms with Crippen LogP contribution in [0.25, 0.3) is 11.1 Å². The molecule has 0 radical (unpaired) electrons. The molecule has 1 aliphatic heterocycles. The topological polar surface area (TPSA) is 53.6 Å². The Morgan fingerprint density at radius 3 is 2.55 bits per heavy atom. The van der Waals surface area contributed by atoms with Crippen molar-refractivity contribution in [3.8, 4) is 16.9 Å². The number of piperazine rings is 1. The molecule has 0 aromatic heterocycles. The van der Waals surface area contributed by atoms with E-state index in [1.807, 2.05) is 0 Å². The normalized spacial score (nSPS) is 14.2. The maximum absolute atomic E-state index is 14.4. The number of methoxy groups -OCH3 is 1. The summed E-state index contributed by atoms with van der Waals surface area (Å²) in [6.45, 7) is 5.37. The molecule has 0 atom stereocenters. The van der Waals surface area contributed by atoms with E-state index in [4.69, 9.17) is 4.74 Å². The Bertz CT molecular complexity index is 830. The Balaban J connectivity index is 0.00000300. The number of rotatable bonds is 7. The van der Waals surface area contributed by atoms with Crippen molar-refractivity contribution < 1.29 is 18.3 Å². The molecule has 1 aliphatic rings. The summed E-state index contributed by atoms with van der Waals surface area (Å²) in [4.78, 5) is 14.6. The van der Waals surface area contributed by atoms with E-state index < -0.39 is 17.5 Å². The van der Waals surface area contributed by atoms with Crippen molar-refractivity contribution in [3.63, 3.8) is 0 Å². The average Bonchev–Trinajstić information content (AvgIpc) is 2.71. The number of carbonyl (C=O) groups is 1. The van der Waals surface area contributed by atoms with Gasteiger partial charge in [-0.15, -0.1) is 12.4 Å². The molecule has 2 aromatic rings. The highest BCUT2D eigenvalue weighted by atomic mass is 35.5. The smallest absolute Gasteiger partial charge is 0.254 e. The molecule has 0 unspecified atom stereocenters. The molecule has 3 rings (SSSR count). The van der Waals surface area contributed by atoms with Gasteiger partial charge in [0.15, 0.2) is 0 Å². The van der Waals surface area contributed by atoms with Crippen molar-refractivity contribution >= 4 is 18.3 Å². The first-order valence-electron chi connectivity index (χ1n) is 9.43. The Morgan fingerprint density at radius 2 is 1.90 bits per heavy atom. The van der Waals surface area contributed by atoms with Crippen LogP contribution in [0.4, 0.5) is 8.78 Å². The van der Waals surface area contributed by atoms with Crippen LogP contribution in [-0.4, -0.2) is 57.2 Å². The van der Waals surface area contributed by atoms with Crippen molar-refractivity contribution in [2.75, 3.05) is 46.4 Å². The highest BCUT2D eigenvalue weighted by molar-refractivity contribution is 5.95. The first-order chi connectivity index (χ1) is 13.6. The van der Waals surface area contributed by atoms with Crippen molar-refractivity contribution in [2.45, 2.75) is 6.42 Å². The average molecular weight is 426 g/mol. The molecule has 0 bridgehead atoms. The molecule has 1 heterocycles. The fourth-order valence-electron chi connectivity index (χ4n) is 3.26. The maximum atomic E-state index is 14.4. The summed E-state index contributed by atoms with van der Waals surface area (Å²) in [6, 6.07) is 8.49. The molecule has 2 aromatic carbocycles. The number of benzene rings is 2. The zero-order chi connectivity index (χ0) is 19.9. The quantitative estimate of drug-likeness (QED) is 0.669. The molecule has 1 fully saturated rings. The van der Waals surface area contributed by atoms with Gasteiger partial charge >= 0.3 is 0 Å². The van der Waals surface area contributed by atoms with E-state index in [9.17, 15) is 13.6 Å². The van der Waals surface area contributed by atoms with Crippen LogP contribution in [0.2, 0.25) is 0 Å². The lowest BCUT2D eigenvalue weighted by Gasteiger charge is -2.27. The van der Waals surface area contributed by atoms with E-state index in [0.29, 0.717) is 17.9 Å². The van der Waals surface area contributed by atoms with Crippen molar-refractivity contribution in [2.24, 2.45) is 0 Å². The lowest BCUT2D eigenvalue weighted by molar-refractivity contribution is 0.0947. The predicted octanol–water partition coefficient (Wildman–Crippen LogP) is 3.09. The molecule has 8 heteroatoms. The molecule has 1 saturated heterocycles. The van der Waals surface area contributed by atoms with Gasteiger partial charge in [-0.3, -0.25) is 4.79 Å². The Kier molecular flexibility index (Phi) is 8.82. The molecule has 1 amide bonds. The monoisotopic (exact) mass is 425 g/mol. The van der Waals surface area contributed by atoms with E-state index in [1.54, 1.807) is 12.1 Å². The zero-order valence-corrected chi connectivity index (χ0v) is 17.2. The third-order valence-corrected chi connectivity index (χ3v) is 4.85. The van der Waals surface area contributed by atoms with Gasteiger partial charge < -0.3 is 20.3 Å². The van der Waals surface area contributed by atoms with Crippen molar-refractivity contribution in [1.82, 2.24) is 15.5 Å². The van der Waals surface area contributed by atoms with Crippen LogP contribution >= 0.6 is 12.4 Å². The Labute approximate surface area is 175 Å². The largest absolute Gasteiger partial charge is 0.497 e. The third-order valence-electron chi connectivity index (χ3n) is 4.85. The summed E-state index contributed by atoms with van der Waals surface area (Å²) >= 11 is 0. The summed E-state index contributed by atoms with van der Waals surface area (Å²) in [7, 11) is 1.45.